The first-order valence-electron chi connectivity index (χ1n) is 6.23. The predicted molar refractivity (Wildman–Crippen MR) is 66.4 cm³/mol. The number of hydrogen-bond acceptors (Lipinski definition) is 3. The van der Waals surface area contributed by atoms with E-state index in [1.54, 1.807) is 0 Å². The maximum absolute atomic E-state index is 10.0. The summed E-state index contributed by atoms with van der Waals surface area (Å²) in [5.74, 6) is 0. The lowest BCUT2D eigenvalue weighted by Gasteiger charge is -2.19. The Morgan fingerprint density at radius 3 is 2.81 bits per heavy atom. The minimum atomic E-state index is -1.31. The molecule has 0 aliphatic carbocycles. The molecule has 1 heterocycles. The fourth-order valence-corrected chi connectivity index (χ4v) is 1.59. The van der Waals surface area contributed by atoms with Gasteiger partial charge in [-0.2, -0.15) is 0 Å². The molecule has 84 valence electrons. The largest absolute Gasteiger partial charge is 0.397 e. The quantitative estimate of drug-likeness (QED) is 0.805. The van der Waals surface area contributed by atoms with Gasteiger partial charge in [-0.05, 0) is 38.0 Å². The topological polar surface area (TPSA) is 59.1 Å². The molecule has 1 aromatic carbocycles. The van der Waals surface area contributed by atoms with Crippen LogP contribution in [0.5, 0.6) is 0 Å². The van der Waals surface area contributed by atoms with E-state index in [2.05, 4.69) is 4.98 Å². The fraction of sp³-hybridized carbons (Fsp3) is 0.250. The lowest BCUT2D eigenvalue weighted by molar-refractivity contribution is 0.0751. The summed E-state index contributed by atoms with van der Waals surface area (Å²) in [4.78, 5) is 4.18. The van der Waals surface area contributed by atoms with Crippen molar-refractivity contribution in [3.63, 3.8) is 0 Å². The van der Waals surface area contributed by atoms with Crippen LogP contribution in [0.4, 0.5) is 5.69 Å². The Balaban J connectivity index is 2.97. The van der Waals surface area contributed by atoms with Crippen LogP contribution in [0.25, 0.3) is 10.9 Å². The van der Waals surface area contributed by atoms with Gasteiger partial charge in [0.15, 0.2) is 0 Å². The van der Waals surface area contributed by atoms with Crippen molar-refractivity contribution in [1.82, 2.24) is 4.98 Å². The number of aromatic nitrogens is 1. The average Bonchev–Trinajstić information content (AvgIpc) is 2.29. The first-order chi connectivity index (χ1) is 8.64. The molecule has 0 amide bonds. The van der Waals surface area contributed by atoms with E-state index in [4.69, 9.17) is 21.4 Å². The Hall–Kier alpha value is -1.32. The van der Waals surface area contributed by atoms with Crippen molar-refractivity contribution in [2.75, 3.05) is 5.73 Å². The summed E-state index contributed by atoms with van der Waals surface area (Å²) < 4.78 is 23.5. The van der Waals surface area contributed by atoms with Crippen molar-refractivity contribution in [3.8, 4) is 0 Å². The summed E-state index contributed by atoms with van der Waals surface area (Å²) >= 11 is 5.83. The first-order valence-corrected chi connectivity index (χ1v) is 5.10. The molecule has 0 aliphatic rings. The van der Waals surface area contributed by atoms with Crippen LogP contribution in [-0.2, 0) is 5.60 Å². The van der Waals surface area contributed by atoms with Crippen molar-refractivity contribution >= 4 is 28.2 Å². The molecule has 16 heavy (non-hydrogen) atoms. The number of nitrogen functional groups attached to an aromatic ring is 1. The van der Waals surface area contributed by atoms with E-state index in [9.17, 15) is 5.11 Å². The number of hydrogen-bond donors (Lipinski definition) is 2. The summed E-state index contributed by atoms with van der Waals surface area (Å²) in [6, 6.07) is 1.07. The number of nitrogens with zero attached hydrogens (tertiary/aromatic N) is 1. The number of rotatable bonds is 1. The number of anilines is 1. The van der Waals surface area contributed by atoms with Crippen LogP contribution < -0.4 is 5.73 Å². The summed E-state index contributed by atoms with van der Waals surface area (Å²) in [5.41, 5.74) is 4.94. The van der Waals surface area contributed by atoms with Gasteiger partial charge in [0.05, 0.1) is 21.0 Å². The second-order valence-electron chi connectivity index (χ2n) is 4.05. The molecule has 0 unspecified atom stereocenters. The first kappa shape index (κ1) is 7.87. The number of halogens is 1. The molecular weight excluding hydrogens is 224 g/mol. The molecule has 0 atom stereocenters. The Morgan fingerprint density at radius 2 is 2.19 bits per heavy atom. The zero-order chi connectivity index (χ0) is 14.5. The standard InChI is InChI=1S/C12H13ClN2O/c1-12(2,16)11-9(14)6-7-5-8(13)3-4-10(7)15-11/h3-6,16H,14H2,1-2H3/i3D,5D,6D. The van der Waals surface area contributed by atoms with Crippen molar-refractivity contribution in [1.29, 1.82) is 0 Å². The van der Waals surface area contributed by atoms with Gasteiger partial charge in [0.2, 0.25) is 0 Å². The van der Waals surface area contributed by atoms with Gasteiger partial charge < -0.3 is 10.8 Å². The van der Waals surface area contributed by atoms with Gasteiger partial charge in [0.25, 0.3) is 0 Å². The van der Waals surface area contributed by atoms with Crippen LogP contribution in [-0.4, -0.2) is 10.1 Å². The van der Waals surface area contributed by atoms with Gasteiger partial charge in [-0.25, -0.2) is 4.98 Å². The van der Waals surface area contributed by atoms with E-state index in [1.807, 2.05) is 0 Å². The molecule has 4 heteroatoms. The number of benzene rings is 1. The van der Waals surface area contributed by atoms with Crippen LogP contribution in [0.3, 0.4) is 0 Å². The van der Waals surface area contributed by atoms with E-state index in [0.29, 0.717) is 0 Å². The van der Waals surface area contributed by atoms with Crippen LogP contribution in [0.15, 0.2) is 24.2 Å². The summed E-state index contributed by atoms with van der Waals surface area (Å²) in [6.07, 6.45) is 0. The van der Waals surface area contributed by atoms with E-state index in [-0.39, 0.29) is 45.4 Å². The number of pyridine rings is 1. The van der Waals surface area contributed by atoms with Crippen LogP contribution in [0, 0.1) is 0 Å². The molecule has 1 aromatic heterocycles. The maximum atomic E-state index is 10.0. The maximum Gasteiger partial charge on any atom is 0.103 e. The third-order valence-corrected chi connectivity index (χ3v) is 2.36. The molecule has 0 bridgehead atoms. The SMILES string of the molecule is [2H]c1cc2nc(C(C)(C)O)c(N)c([2H])c2c([2H])c1Cl. The molecule has 2 rings (SSSR count). The highest BCUT2D eigenvalue weighted by molar-refractivity contribution is 6.31. The minimum absolute atomic E-state index is 0.0160. The normalized spacial score (nSPS) is 14.6. The van der Waals surface area contributed by atoms with E-state index >= 15 is 0 Å². The lowest BCUT2D eigenvalue weighted by atomic mass is 10.0. The zero-order valence-electron chi connectivity index (χ0n) is 11.9. The molecule has 3 N–H and O–H groups in total. The van der Waals surface area contributed by atoms with Crippen LogP contribution in [0.2, 0.25) is 5.02 Å². The molecule has 0 fully saturated rings. The summed E-state index contributed by atoms with van der Waals surface area (Å²) in [6.45, 7) is 3.02. The highest BCUT2D eigenvalue weighted by Gasteiger charge is 2.21. The van der Waals surface area contributed by atoms with Gasteiger partial charge in [0.1, 0.15) is 5.60 Å². The second-order valence-corrected chi connectivity index (χ2v) is 4.42. The average molecular weight is 240 g/mol. The van der Waals surface area contributed by atoms with E-state index in [1.165, 1.54) is 19.9 Å². The van der Waals surface area contributed by atoms with E-state index < -0.39 is 5.60 Å². The fourth-order valence-electron chi connectivity index (χ4n) is 1.44. The predicted octanol–water partition coefficient (Wildman–Crippen LogP) is 2.70. The molecule has 0 saturated carbocycles. The van der Waals surface area contributed by atoms with Crippen LogP contribution >= 0.6 is 11.6 Å². The van der Waals surface area contributed by atoms with Gasteiger partial charge in [0, 0.05) is 10.4 Å². The third-order valence-electron chi connectivity index (χ3n) is 2.15. The van der Waals surface area contributed by atoms with Gasteiger partial charge in [-0.1, -0.05) is 11.6 Å². The molecule has 0 saturated heterocycles. The number of fused-ring (bicyclic) bond motifs is 1. The van der Waals surface area contributed by atoms with Crippen molar-refractivity contribution in [3.05, 3.63) is 34.9 Å². The smallest absolute Gasteiger partial charge is 0.103 e. The monoisotopic (exact) mass is 239 g/mol. The number of aliphatic hydroxyl groups is 1. The Morgan fingerprint density at radius 1 is 1.50 bits per heavy atom. The molecule has 3 nitrogen and oxygen atoms in total. The minimum Gasteiger partial charge on any atom is -0.397 e. The molecule has 0 spiro atoms. The van der Waals surface area contributed by atoms with Crippen molar-refractivity contribution in [2.45, 2.75) is 19.4 Å². The van der Waals surface area contributed by atoms with Crippen molar-refractivity contribution in [2.24, 2.45) is 0 Å². The zero-order valence-corrected chi connectivity index (χ0v) is 9.68. The van der Waals surface area contributed by atoms with Gasteiger partial charge >= 0.3 is 0 Å². The van der Waals surface area contributed by atoms with Gasteiger partial charge in [-0.3, -0.25) is 0 Å². The molecule has 2 aromatic rings. The third kappa shape index (κ3) is 1.96. The van der Waals surface area contributed by atoms with E-state index in [0.717, 1.165) is 0 Å². The lowest BCUT2D eigenvalue weighted by Crippen LogP contribution is -2.19. The second kappa shape index (κ2) is 3.61. The van der Waals surface area contributed by atoms with Crippen LogP contribution in [0.1, 0.15) is 23.7 Å². The van der Waals surface area contributed by atoms with Gasteiger partial charge in [-0.15, -0.1) is 0 Å². The van der Waals surface area contributed by atoms with Crippen molar-refractivity contribution < 1.29 is 9.22 Å². The Labute approximate surface area is 103 Å². The molecule has 0 radical (unpaired) electrons. The molecule has 0 aliphatic heterocycles. The summed E-state index contributed by atoms with van der Waals surface area (Å²) in [7, 11) is 0. The highest BCUT2D eigenvalue weighted by atomic mass is 35.5. The highest BCUT2D eigenvalue weighted by Crippen LogP contribution is 2.28. The summed E-state index contributed by atoms with van der Waals surface area (Å²) in [5, 5.41) is 10.1. The number of nitrogens with two attached hydrogens (primary N) is 1. The Kier molecular flexibility index (Phi) is 1.78. The Bertz CT molecular complexity index is 683. The molecular formula is C12H13ClN2O.